The fourth-order valence-electron chi connectivity index (χ4n) is 3.92. The van der Waals surface area contributed by atoms with E-state index in [1.165, 1.54) is 18.5 Å². The highest BCUT2D eigenvalue weighted by Gasteiger charge is 2.41. The van der Waals surface area contributed by atoms with Crippen LogP contribution in [-0.2, 0) is 5.79 Å². The highest BCUT2D eigenvalue weighted by molar-refractivity contribution is 5.89. The molecule has 6 nitrogen and oxygen atoms in total. The number of dihydropyridines is 1. The Hall–Kier alpha value is -2.15. The van der Waals surface area contributed by atoms with E-state index in [4.69, 9.17) is 4.42 Å². The molecule has 128 valence electrons. The molecule has 1 amide bonds. The van der Waals surface area contributed by atoms with E-state index in [2.05, 4.69) is 27.4 Å². The standard InChI is InChI=1S/C17H21FN4O2/c1-11-14(12-4-8-22(11)9-5-12)21-15(23)16-19-10-13(24-16)17(18)6-2-3-7-20-17/h2-3,6-7,10-12,14,20H,4-5,8-9H2,1H3,(H,21,23)/t11-,14-,17?/m0/s1. The average Bonchev–Trinajstić information content (AvgIpc) is 3.10. The molecule has 0 aromatic carbocycles. The number of allylic oxidation sites excluding steroid dienone is 2. The maximum atomic E-state index is 14.7. The van der Waals surface area contributed by atoms with Crippen LogP contribution < -0.4 is 10.6 Å². The second-order valence-corrected chi connectivity index (χ2v) is 6.72. The second-order valence-electron chi connectivity index (χ2n) is 6.72. The SMILES string of the molecule is C[C@H]1[C@H](NC(=O)c2ncc(C3(F)C=CC=CN3)o2)C2CCN1CC2. The van der Waals surface area contributed by atoms with Crippen molar-refractivity contribution in [2.24, 2.45) is 5.92 Å². The van der Waals surface area contributed by atoms with Crippen LogP contribution >= 0.6 is 0 Å². The zero-order valence-corrected chi connectivity index (χ0v) is 13.5. The zero-order valence-electron chi connectivity index (χ0n) is 13.5. The first-order chi connectivity index (χ1) is 11.6. The summed E-state index contributed by atoms with van der Waals surface area (Å²) in [7, 11) is 0. The minimum Gasteiger partial charge on any atom is -0.432 e. The lowest BCUT2D eigenvalue weighted by molar-refractivity contribution is 0.0208. The molecular weight excluding hydrogens is 311 g/mol. The van der Waals surface area contributed by atoms with Crippen molar-refractivity contribution < 1.29 is 13.6 Å². The summed E-state index contributed by atoms with van der Waals surface area (Å²) in [5.41, 5.74) is 0. The Morgan fingerprint density at radius 2 is 2.25 bits per heavy atom. The van der Waals surface area contributed by atoms with E-state index in [0.29, 0.717) is 12.0 Å². The summed E-state index contributed by atoms with van der Waals surface area (Å²) in [5, 5.41) is 5.60. The predicted octanol–water partition coefficient (Wildman–Crippen LogP) is 1.68. The Labute approximate surface area is 139 Å². The van der Waals surface area contributed by atoms with Gasteiger partial charge in [-0.05, 0) is 57.1 Å². The number of carbonyl (C=O) groups is 1. The molecule has 1 aromatic heterocycles. The van der Waals surface area contributed by atoms with E-state index in [1.54, 1.807) is 12.2 Å². The number of amides is 1. The number of rotatable bonds is 3. The zero-order chi connectivity index (χ0) is 16.7. The summed E-state index contributed by atoms with van der Waals surface area (Å²) in [6.07, 6.45) is 9.51. The van der Waals surface area contributed by atoms with Crippen LogP contribution in [0.2, 0.25) is 0 Å². The molecule has 3 saturated heterocycles. The van der Waals surface area contributed by atoms with E-state index in [0.717, 1.165) is 25.9 Å². The number of carbonyl (C=O) groups excluding carboxylic acids is 1. The Morgan fingerprint density at radius 1 is 1.46 bits per heavy atom. The van der Waals surface area contributed by atoms with Crippen LogP contribution in [0.25, 0.3) is 0 Å². The second kappa shape index (κ2) is 5.73. The number of nitrogens with one attached hydrogen (secondary N) is 2. The molecule has 2 bridgehead atoms. The van der Waals surface area contributed by atoms with Gasteiger partial charge in [0, 0.05) is 12.1 Å². The lowest BCUT2D eigenvalue weighted by Gasteiger charge is -2.49. The topological polar surface area (TPSA) is 70.4 Å². The molecule has 0 saturated carbocycles. The normalized spacial score (nSPS) is 37.2. The number of nitrogens with zero attached hydrogens (tertiary/aromatic N) is 2. The first kappa shape index (κ1) is 15.4. The first-order valence-corrected chi connectivity index (χ1v) is 8.39. The van der Waals surface area contributed by atoms with Gasteiger partial charge >= 0.3 is 5.91 Å². The largest absolute Gasteiger partial charge is 0.432 e. The quantitative estimate of drug-likeness (QED) is 0.824. The van der Waals surface area contributed by atoms with Gasteiger partial charge in [0.15, 0.2) is 5.76 Å². The van der Waals surface area contributed by atoms with Gasteiger partial charge in [0.1, 0.15) is 0 Å². The van der Waals surface area contributed by atoms with Crippen molar-refractivity contribution in [2.45, 2.75) is 37.6 Å². The van der Waals surface area contributed by atoms with Crippen molar-refractivity contribution in [3.63, 3.8) is 0 Å². The number of halogens is 1. The maximum absolute atomic E-state index is 14.7. The third-order valence-electron chi connectivity index (χ3n) is 5.36. The number of piperidine rings is 3. The highest BCUT2D eigenvalue weighted by Crippen LogP contribution is 2.32. The molecule has 3 atom stereocenters. The summed E-state index contributed by atoms with van der Waals surface area (Å²) in [4.78, 5) is 18.8. The summed E-state index contributed by atoms with van der Waals surface area (Å²) in [5.74, 6) is -2.00. The van der Waals surface area contributed by atoms with Crippen molar-refractivity contribution in [1.82, 2.24) is 20.5 Å². The fraction of sp³-hybridized carbons (Fsp3) is 0.529. The molecule has 2 N–H and O–H groups in total. The van der Waals surface area contributed by atoms with Gasteiger partial charge in [0.25, 0.3) is 11.7 Å². The van der Waals surface area contributed by atoms with Crippen molar-refractivity contribution in [2.75, 3.05) is 13.1 Å². The van der Waals surface area contributed by atoms with Gasteiger partial charge < -0.3 is 15.1 Å². The Kier molecular flexibility index (Phi) is 3.68. The molecule has 1 aromatic rings. The van der Waals surface area contributed by atoms with Gasteiger partial charge in [-0.3, -0.25) is 9.69 Å². The molecule has 24 heavy (non-hydrogen) atoms. The number of hydrogen-bond acceptors (Lipinski definition) is 5. The van der Waals surface area contributed by atoms with Crippen molar-refractivity contribution in [1.29, 1.82) is 0 Å². The summed E-state index contributed by atoms with van der Waals surface area (Å²) < 4.78 is 20.1. The minimum atomic E-state index is -1.97. The van der Waals surface area contributed by atoms with Crippen LogP contribution in [0.15, 0.2) is 35.0 Å². The van der Waals surface area contributed by atoms with E-state index in [-0.39, 0.29) is 23.6 Å². The first-order valence-electron chi connectivity index (χ1n) is 8.39. The monoisotopic (exact) mass is 332 g/mol. The Morgan fingerprint density at radius 3 is 2.92 bits per heavy atom. The van der Waals surface area contributed by atoms with E-state index in [1.807, 2.05) is 0 Å². The minimum absolute atomic E-state index is 0.0322. The molecule has 0 spiro atoms. The van der Waals surface area contributed by atoms with Gasteiger partial charge in [0.05, 0.1) is 6.20 Å². The average molecular weight is 332 g/mol. The summed E-state index contributed by atoms with van der Waals surface area (Å²) in [6.45, 7) is 4.32. The highest BCUT2D eigenvalue weighted by atomic mass is 19.1. The molecule has 5 rings (SSSR count). The molecule has 4 aliphatic heterocycles. The number of alkyl halides is 1. The van der Waals surface area contributed by atoms with Gasteiger partial charge in [-0.15, -0.1) is 0 Å². The van der Waals surface area contributed by atoms with Gasteiger partial charge in [0.2, 0.25) is 0 Å². The molecule has 4 aliphatic rings. The lowest BCUT2D eigenvalue weighted by atomic mass is 9.79. The van der Waals surface area contributed by atoms with Gasteiger partial charge in [-0.2, -0.15) is 0 Å². The third kappa shape index (κ3) is 2.53. The molecule has 5 heterocycles. The molecule has 3 fully saturated rings. The summed E-state index contributed by atoms with van der Waals surface area (Å²) >= 11 is 0. The molecular formula is C17H21FN4O2. The third-order valence-corrected chi connectivity index (χ3v) is 5.36. The number of hydrogen-bond donors (Lipinski definition) is 2. The summed E-state index contributed by atoms with van der Waals surface area (Å²) in [6, 6.07) is 0.391. The van der Waals surface area contributed by atoms with Crippen LogP contribution in [0.3, 0.4) is 0 Å². The molecule has 7 heteroatoms. The van der Waals surface area contributed by atoms with Gasteiger partial charge in [-0.25, -0.2) is 9.37 Å². The van der Waals surface area contributed by atoms with Crippen molar-refractivity contribution in [3.05, 3.63) is 42.3 Å². The lowest BCUT2D eigenvalue weighted by Crippen LogP contribution is -2.62. The van der Waals surface area contributed by atoms with Crippen molar-refractivity contribution >= 4 is 5.91 Å². The molecule has 0 aliphatic carbocycles. The van der Waals surface area contributed by atoms with Crippen LogP contribution in [0, 0.1) is 5.92 Å². The van der Waals surface area contributed by atoms with E-state index >= 15 is 0 Å². The van der Waals surface area contributed by atoms with Crippen molar-refractivity contribution in [3.8, 4) is 0 Å². The Bertz CT molecular complexity index is 691. The van der Waals surface area contributed by atoms with E-state index in [9.17, 15) is 9.18 Å². The number of oxazole rings is 1. The van der Waals surface area contributed by atoms with Gasteiger partial charge in [-0.1, -0.05) is 6.08 Å². The van der Waals surface area contributed by atoms with Crippen LogP contribution in [0.5, 0.6) is 0 Å². The fourth-order valence-corrected chi connectivity index (χ4v) is 3.92. The van der Waals surface area contributed by atoms with Crippen LogP contribution in [0.4, 0.5) is 4.39 Å². The molecule has 0 radical (unpaired) electrons. The number of aromatic nitrogens is 1. The smallest absolute Gasteiger partial charge is 0.307 e. The predicted molar refractivity (Wildman–Crippen MR) is 85.7 cm³/mol. The van der Waals surface area contributed by atoms with E-state index < -0.39 is 5.79 Å². The number of fused-ring (bicyclic) bond motifs is 3. The maximum Gasteiger partial charge on any atom is 0.307 e. The Balaban J connectivity index is 1.48. The van der Waals surface area contributed by atoms with Crippen LogP contribution in [-0.4, -0.2) is 41.0 Å². The molecule has 1 unspecified atom stereocenters. The van der Waals surface area contributed by atoms with Crippen LogP contribution in [0.1, 0.15) is 36.2 Å².